The van der Waals surface area contributed by atoms with E-state index in [-0.39, 0.29) is 5.78 Å². The van der Waals surface area contributed by atoms with Gasteiger partial charge in [-0.05, 0) is 49.1 Å². The maximum atomic E-state index is 11.3. The zero-order chi connectivity index (χ0) is 13.8. The molecule has 0 aliphatic carbocycles. The van der Waals surface area contributed by atoms with Crippen molar-refractivity contribution in [3.05, 3.63) is 65.2 Å². The highest BCUT2D eigenvalue weighted by Gasteiger charge is 2.03. The number of hydrogen-bond acceptors (Lipinski definition) is 1. The van der Waals surface area contributed by atoms with Crippen molar-refractivity contribution in [2.45, 2.75) is 20.8 Å². The highest BCUT2D eigenvalue weighted by Crippen LogP contribution is 2.23. The topological polar surface area (TPSA) is 17.1 Å². The average Bonchev–Trinajstić information content (AvgIpc) is 2.41. The molecule has 0 heterocycles. The van der Waals surface area contributed by atoms with Crippen LogP contribution in [0.15, 0.2) is 48.5 Å². The normalized spacial score (nSPS) is 10.9. The predicted molar refractivity (Wildman–Crippen MR) is 81.3 cm³/mol. The maximum absolute atomic E-state index is 11.3. The second-order valence-electron chi connectivity index (χ2n) is 4.70. The minimum absolute atomic E-state index is 0.102. The number of benzene rings is 2. The molecule has 0 radical (unpaired) electrons. The molecule has 0 fully saturated rings. The molecular formula is C18H18O. The number of allylic oxidation sites excluding steroid dienone is 1. The second kappa shape index (κ2) is 5.66. The van der Waals surface area contributed by atoms with E-state index in [0.29, 0.717) is 0 Å². The first-order valence-corrected chi connectivity index (χ1v) is 6.46. The molecular weight excluding hydrogens is 232 g/mol. The molecule has 0 saturated carbocycles. The van der Waals surface area contributed by atoms with Gasteiger partial charge in [-0.1, -0.05) is 48.6 Å². The molecule has 2 rings (SSSR count). The van der Waals surface area contributed by atoms with Gasteiger partial charge in [0, 0.05) is 5.56 Å². The summed E-state index contributed by atoms with van der Waals surface area (Å²) in [5, 5.41) is 0. The van der Waals surface area contributed by atoms with Gasteiger partial charge < -0.3 is 0 Å². The Morgan fingerprint density at radius 1 is 1.00 bits per heavy atom. The van der Waals surface area contributed by atoms with E-state index in [0.717, 1.165) is 11.1 Å². The van der Waals surface area contributed by atoms with E-state index in [4.69, 9.17) is 0 Å². The summed E-state index contributed by atoms with van der Waals surface area (Å²) in [4.78, 5) is 11.3. The molecule has 1 heteroatoms. The van der Waals surface area contributed by atoms with Crippen molar-refractivity contribution in [2.24, 2.45) is 0 Å². The number of hydrogen-bond donors (Lipinski definition) is 0. The third-order valence-corrected chi connectivity index (χ3v) is 3.25. The van der Waals surface area contributed by atoms with Crippen LogP contribution in [0.5, 0.6) is 0 Å². The summed E-state index contributed by atoms with van der Waals surface area (Å²) in [6.45, 7) is 5.72. The Kier molecular flexibility index (Phi) is 3.96. The number of Topliss-reactive ketones (excluding diaryl/α,β-unsaturated/α-hetero) is 1. The fourth-order valence-corrected chi connectivity index (χ4v) is 2.08. The lowest BCUT2D eigenvalue weighted by Crippen LogP contribution is -1.91. The van der Waals surface area contributed by atoms with E-state index in [1.807, 2.05) is 37.3 Å². The number of carbonyl (C=O) groups is 1. The van der Waals surface area contributed by atoms with E-state index in [1.165, 1.54) is 16.7 Å². The quantitative estimate of drug-likeness (QED) is 0.708. The highest BCUT2D eigenvalue weighted by molar-refractivity contribution is 5.94. The minimum atomic E-state index is 0.102. The monoisotopic (exact) mass is 250 g/mol. The first kappa shape index (κ1) is 13.3. The summed E-state index contributed by atoms with van der Waals surface area (Å²) in [5.74, 6) is 0.102. The van der Waals surface area contributed by atoms with Crippen molar-refractivity contribution in [2.75, 3.05) is 0 Å². The Bertz CT molecular complexity index is 619. The number of rotatable bonds is 3. The van der Waals surface area contributed by atoms with Crippen molar-refractivity contribution in [1.29, 1.82) is 0 Å². The Balaban J connectivity index is 2.41. The van der Waals surface area contributed by atoms with Crippen molar-refractivity contribution in [3.63, 3.8) is 0 Å². The van der Waals surface area contributed by atoms with Gasteiger partial charge in [0.25, 0.3) is 0 Å². The van der Waals surface area contributed by atoms with Gasteiger partial charge >= 0.3 is 0 Å². The van der Waals surface area contributed by atoms with Gasteiger partial charge in [0.05, 0.1) is 0 Å². The van der Waals surface area contributed by atoms with Gasteiger partial charge in [-0.3, -0.25) is 4.79 Å². The molecule has 96 valence electrons. The Morgan fingerprint density at radius 3 is 2.21 bits per heavy atom. The van der Waals surface area contributed by atoms with E-state index in [2.05, 4.69) is 31.2 Å². The minimum Gasteiger partial charge on any atom is -0.295 e. The van der Waals surface area contributed by atoms with Crippen molar-refractivity contribution in [1.82, 2.24) is 0 Å². The Hall–Kier alpha value is -2.15. The van der Waals surface area contributed by atoms with Gasteiger partial charge in [-0.15, -0.1) is 0 Å². The molecule has 0 aliphatic rings. The maximum Gasteiger partial charge on any atom is 0.159 e. The van der Waals surface area contributed by atoms with E-state index < -0.39 is 0 Å². The Morgan fingerprint density at radius 2 is 1.63 bits per heavy atom. The van der Waals surface area contributed by atoms with E-state index in [9.17, 15) is 4.79 Å². The largest absolute Gasteiger partial charge is 0.295 e. The molecule has 0 atom stereocenters. The zero-order valence-electron chi connectivity index (χ0n) is 11.6. The van der Waals surface area contributed by atoms with Gasteiger partial charge in [0.1, 0.15) is 0 Å². The third kappa shape index (κ3) is 3.00. The lowest BCUT2D eigenvalue weighted by atomic mass is 9.98. The van der Waals surface area contributed by atoms with Crippen LogP contribution in [0, 0.1) is 6.92 Å². The zero-order valence-corrected chi connectivity index (χ0v) is 11.6. The van der Waals surface area contributed by atoms with Crippen LogP contribution in [0.2, 0.25) is 0 Å². The first-order chi connectivity index (χ1) is 9.11. The van der Waals surface area contributed by atoms with Gasteiger partial charge in [-0.2, -0.15) is 0 Å². The lowest BCUT2D eigenvalue weighted by molar-refractivity contribution is 0.101. The van der Waals surface area contributed by atoms with Gasteiger partial charge in [0.15, 0.2) is 5.78 Å². The number of ketones is 1. The summed E-state index contributed by atoms with van der Waals surface area (Å²) in [6, 6.07) is 14.2. The van der Waals surface area contributed by atoms with Crippen LogP contribution in [-0.4, -0.2) is 5.78 Å². The molecule has 0 saturated heterocycles. The molecule has 0 bridgehead atoms. The van der Waals surface area contributed by atoms with Crippen LogP contribution in [0.25, 0.3) is 17.2 Å². The molecule has 0 N–H and O–H groups in total. The molecule has 0 aromatic heterocycles. The van der Waals surface area contributed by atoms with Crippen molar-refractivity contribution < 1.29 is 4.79 Å². The van der Waals surface area contributed by atoms with Crippen molar-refractivity contribution >= 4 is 11.9 Å². The van der Waals surface area contributed by atoms with Crippen LogP contribution in [0.4, 0.5) is 0 Å². The van der Waals surface area contributed by atoms with Gasteiger partial charge in [0.2, 0.25) is 0 Å². The molecule has 0 amide bonds. The summed E-state index contributed by atoms with van der Waals surface area (Å²) >= 11 is 0. The second-order valence-corrected chi connectivity index (χ2v) is 4.70. The third-order valence-electron chi connectivity index (χ3n) is 3.25. The lowest BCUT2D eigenvalue weighted by Gasteiger charge is -2.07. The SMILES string of the molecule is C/C=C\c1cc(-c2ccc(C(C)=O)cc2)ccc1C. The predicted octanol–water partition coefficient (Wildman–Crippen LogP) is 4.90. The fourth-order valence-electron chi connectivity index (χ4n) is 2.08. The molecule has 0 spiro atoms. The van der Waals surface area contributed by atoms with Crippen LogP contribution < -0.4 is 0 Å². The molecule has 0 aliphatic heterocycles. The molecule has 19 heavy (non-hydrogen) atoms. The molecule has 2 aromatic carbocycles. The van der Waals surface area contributed by atoms with Crippen molar-refractivity contribution in [3.8, 4) is 11.1 Å². The van der Waals surface area contributed by atoms with Crippen LogP contribution in [0.3, 0.4) is 0 Å². The summed E-state index contributed by atoms with van der Waals surface area (Å²) < 4.78 is 0. The fraction of sp³-hybridized carbons (Fsp3) is 0.167. The smallest absolute Gasteiger partial charge is 0.159 e. The first-order valence-electron chi connectivity index (χ1n) is 6.46. The highest BCUT2D eigenvalue weighted by atomic mass is 16.1. The molecule has 1 nitrogen and oxygen atoms in total. The average molecular weight is 250 g/mol. The van der Waals surface area contributed by atoms with Gasteiger partial charge in [-0.25, -0.2) is 0 Å². The summed E-state index contributed by atoms with van der Waals surface area (Å²) in [5.41, 5.74) is 5.56. The van der Waals surface area contributed by atoms with E-state index >= 15 is 0 Å². The summed E-state index contributed by atoms with van der Waals surface area (Å²) in [7, 11) is 0. The van der Waals surface area contributed by atoms with Crippen LogP contribution >= 0.6 is 0 Å². The summed E-state index contributed by atoms with van der Waals surface area (Å²) in [6.07, 6.45) is 4.16. The molecule has 0 unspecified atom stereocenters. The van der Waals surface area contributed by atoms with E-state index in [1.54, 1.807) is 6.92 Å². The van der Waals surface area contributed by atoms with Crippen LogP contribution in [0.1, 0.15) is 35.3 Å². The standard InChI is InChI=1S/C18H18O/c1-4-5-17-12-18(7-6-13(17)2)16-10-8-15(9-11-16)14(3)19/h4-12H,1-3H3/b5-4-. The van der Waals surface area contributed by atoms with Crippen LogP contribution in [-0.2, 0) is 0 Å². The Labute approximate surface area is 114 Å². The number of carbonyl (C=O) groups excluding carboxylic acids is 1. The molecule has 2 aromatic rings. The number of aryl methyl sites for hydroxylation is 1.